The minimum Gasteiger partial charge on any atom is -0.258 e. The first-order chi connectivity index (χ1) is 10.2. The van der Waals surface area contributed by atoms with Crippen LogP contribution in [0.25, 0.3) is 11.4 Å². The van der Waals surface area contributed by atoms with Gasteiger partial charge in [-0.3, -0.25) is 5.10 Å². The van der Waals surface area contributed by atoms with Crippen LogP contribution in [0, 0.1) is 6.92 Å². The summed E-state index contributed by atoms with van der Waals surface area (Å²) in [7, 11) is 0. The summed E-state index contributed by atoms with van der Waals surface area (Å²) in [5.74, 6) is 1.65. The molecule has 2 aromatic carbocycles. The van der Waals surface area contributed by atoms with Crippen LogP contribution in [-0.2, 0) is 5.75 Å². The van der Waals surface area contributed by atoms with Gasteiger partial charge >= 0.3 is 0 Å². The number of thioether (sulfide) groups is 1. The average molecular weight is 360 g/mol. The van der Waals surface area contributed by atoms with E-state index >= 15 is 0 Å². The van der Waals surface area contributed by atoms with Crippen molar-refractivity contribution in [3.63, 3.8) is 0 Å². The molecule has 0 saturated heterocycles. The molecule has 1 heterocycles. The summed E-state index contributed by atoms with van der Waals surface area (Å²) in [6, 6.07) is 16.5. The molecule has 106 valence electrons. The third kappa shape index (κ3) is 3.54. The zero-order valence-electron chi connectivity index (χ0n) is 11.5. The quantitative estimate of drug-likeness (QED) is 0.678. The van der Waals surface area contributed by atoms with Gasteiger partial charge in [0.2, 0.25) is 5.16 Å². The maximum absolute atomic E-state index is 4.54. The van der Waals surface area contributed by atoms with Crippen molar-refractivity contribution >= 4 is 27.7 Å². The third-order valence-electron chi connectivity index (χ3n) is 3.08. The number of halogens is 1. The predicted octanol–water partition coefficient (Wildman–Crippen LogP) is 4.83. The Kier molecular flexibility index (Phi) is 4.41. The molecule has 0 aliphatic carbocycles. The molecule has 0 unspecified atom stereocenters. The van der Waals surface area contributed by atoms with Gasteiger partial charge < -0.3 is 0 Å². The molecule has 5 heteroatoms. The van der Waals surface area contributed by atoms with Crippen molar-refractivity contribution in [2.75, 3.05) is 0 Å². The van der Waals surface area contributed by atoms with Gasteiger partial charge in [-0.05, 0) is 18.6 Å². The van der Waals surface area contributed by atoms with Gasteiger partial charge in [0, 0.05) is 15.8 Å². The highest BCUT2D eigenvalue weighted by Crippen LogP contribution is 2.27. The molecule has 0 spiro atoms. The highest BCUT2D eigenvalue weighted by molar-refractivity contribution is 9.10. The number of aryl methyl sites for hydroxylation is 1. The second-order valence-electron chi connectivity index (χ2n) is 4.72. The van der Waals surface area contributed by atoms with Crippen molar-refractivity contribution in [2.24, 2.45) is 0 Å². The van der Waals surface area contributed by atoms with Gasteiger partial charge in [0.05, 0.1) is 0 Å². The molecule has 3 aromatic rings. The minimum absolute atomic E-state index is 0.765. The van der Waals surface area contributed by atoms with Crippen LogP contribution in [0.15, 0.2) is 58.2 Å². The zero-order chi connectivity index (χ0) is 14.7. The fraction of sp³-hybridized carbons (Fsp3) is 0.125. The van der Waals surface area contributed by atoms with Crippen LogP contribution in [-0.4, -0.2) is 15.2 Å². The van der Waals surface area contributed by atoms with Gasteiger partial charge in [-0.2, -0.15) is 0 Å². The number of aromatic amines is 1. The second-order valence-corrected chi connectivity index (χ2v) is 6.52. The molecule has 0 atom stereocenters. The highest BCUT2D eigenvalue weighted by atomic mass is 79.9. The highest BCUT2D eigenvalue weighted by Gasteiger charge is 2.08. The molecule has 1 N–H and O–H groups in total. The Labute approximate surface area is 136 Å². The summed E-state index contributed by atoms with van der Waals surface area (Å²) < 4.78 is 1.01. The lowest BCUT2D eigenvalue weighted by atomic mass is 10.2. The van der Waals surface area contributed by atoms with Crippen LogP contribution in [0.4, 0.5) is 0 Å². The van der Waals surface area contributed by atoms with E-state index in [1.807, 2.05) is 24.3 Å². The van der Waals surface area contributed by atoms with E-state index in [4.69, 9.17) is 0 Å². The molecule has 21 heavy (non-hydrogen) atoms. The maximum Gasteiger partial charge on any atom is 0.209 e. The van der Waals surface area contributed by atoms with Gasteiger partial charge in [0.25, 0.3) is 0 Å². The Morgan fingerprint density at radius 3 is 2.62 bits per heavy atom. The third-order valence-corrected chi connectivity index (χ3v) is 4.69. The number of rotatable bonds is 4. The van der Waals surface area contributed by atoms with Crippen LogP contribution < -0.4 is 0 Å². The summed E-state index contributed by atoms with van der Waals surface area (Å²) in [6.45, 7) is 2.09. The normalized spacial score (nSPS) is 10.8. The summed E-state index contributed by atoms with van der Waals surface area (Å²) in [4.78, 5) is 4.54. The Balaban J connectivity index is 1.71. The van der Waals surface area contributed by atoms with E-state index < -0.39 is 0 Å². The molecule has 0 amide bonds. The second kappa shape index (κ2) is 6.45. The molecular weight excluding hydrogens is 346 g/mol. The molecule has 0 fully saturated rings. The van der Waals surface area contributed by atoms with E-state index in [1.165, 1.54) is 11.1 Å². The lowest BCUT2D eigenvalue weighted by Crippen LogP contribution is -1.83. The van der Waals surface area contributed by atoms with Crippen molar-refractivity contribution in [3.8, 4) is 11.4 Å². The van der Waals surface area contributed by atoms with Crippen LogP contribution in [0.1, 0.15) is 11.1 Å². The maximum atomic E-state index is 4.54. The summed E-state index contributed by atoms with van der Waals surface area (Å²) >= 11 is 5.16. The van der Waals surface area contributed by atoms with Gasteiger partial charge in [-0.25, -0.2) is 4.98 Å². The number of benzene rings is 2. The standard InChI is InChI=1S/C16H14BrN3S/c1-11-6-8-12(9-7-11)10-21-16-18-15(19-20-16)13-4-2-3-5-14(13)17/h2-9H,10H2,1H3,(H,18,19,20). The Morgan fingerprint density at radius 2 is 1.86 bits per heavy atom. The van der Waals surface area contributed by atoms with Gasteiger partial charge in [0.1, 0.15) is 0 Å². The summed E-state index contributed by atoms with van der Waals surface area (Å²) in [5.41, 5.74) is 3.57. The van der Waals surface area contributed by atoms with Crippen LogP contribution >= 0.6 is 27.7 Å². The smallest absolute Gasteiger partial charge is 0.209 e. The van der Waals surface area contributed by atoms with Crippen LogP contribution in [0.5, 0.6) is 0 Å². The van der Waals surface area contributed by atoms with Crippen molar-refractivity contribution < 1.29 is 0 Å². The van der Waals surface area contributed by atoms with Crippen molar-refractivity contribution in [1.82, 2.24) is 15.2 Å². The molecule has 0 bridgehead atoms. The lowest BCUT2D eigenvalue weighted by Gasteiger charge is -1.99. The molecule has 0 aliphatic rings. The monoisotopic (exact) mass is 359 g/mol. The van der Waals surface area contributed by atoms with E-state index in [0.29, 0.717) is 0 Å². The molecule has 3 nitrogen and oxygen atoms in total. The van der Waals surface area contributed by atoms with E-state index in [1.54, 1.807) is 11.8 Å². The number of nitrogens with zero attached hydrogens (tertiary/aromatic N) is 2. The van der Waals surface area contributed by atoms with Crippen LogP contribution in [0.3, 0.4) is 0 Å². The van der Waals surface area contributed by atoms with E-state index in [2.05, 4.69) is 62.3 Å². The topological polar surface area (TPSA) is 41.6 Å². The fourth-order valence-corrected chi connectivity index (χ4v) is 3.14. The molecule has 3 rings (SSSR count). The van der Waals surface area contributed by atoms with Crippen LogP contribution in [0.2, 0.25) is 0 Å². The zero-order valence-corrected chi connectivity index (χ0v) is 13.9. The Morgan fingerprint density at radius 1 is 1.10 bits per heavy atom. The summed E-state index contributed by atoms with van der Waals surface area (Å²) in [5, 5.41) is 8.03. The Bertz CT molecular complexity index is 737. The first-order valence-electron chi connectivity index (χ1n) is 6.58. The fourth-order valence-electron chi connectivity index (χ4n) is 1.92. The molecular formula is C16H14BrN3S. The van der Waals surface area contributed by atoms with E-state index in [-0.39, 0.29) is 0 Å². The lowest BCUT2D eigenvalue weighted by molar-refractivity contribution is 0.973. The van der Waals surface area contributed by atoms with E-state index in [0.717, 1.165) is 26.8 Å². The molecule has 1 aromatic heterocycles. The summed E-state index contributed by atoms with van der Waals surface area (Å²) in [6.07, 6.45) is 0. The number of hydrogen-bond acceptors (Lipinski definition) is 3. The van der Waals surface area contributed by atoms with Gasteiger partial charge in [0.15, 0.2) is 5.82 Å². The number of H-pyrrole nitrogens is 1. The largest absolute Gasteiger partial charge is 0.258 e. The first-order valence-corrected chi connectivity index (χ1v) is 8.36. The Hall–Kier alpha value is -1.59. The number of nitrogens with one attached hydrogen (secondary N) is 1. The molecule has 0 radical (unpaired) electrons. The molecule has 0 aliphatic heterocycles. The SMILES string of the molecule is Cc1ccc(CSc2n[nH]c(-c3ccccc3Br)n2)cc1. The van der Waals surface area contributed by atoms with Crippen molar-refractivity contribution in [3.05, 3.63) is 64.1 Å². The van der Waals surface area contributed by atoms with E-state index in [9.17, 15) is 0 Å². The van der Waals surface area contributed by atoms with Crippen molar-refractivity contribution in [1.29, 1.82) is 0 Å². The van der Waals surface area contributed by atoms with Crippen molar-refractivity contribution in [2.45, 2.75) is 17.8 Å². The molecule has 0 saturated carbocycles. The number of hydrogen-bond donors (Lipinski definition) is 1. The van der Waals surface area contributed by atoms with Gasteiger partial charge in [-0.15, -0.1) is 5.10 Å². The predicted molar refractivity (Wildman–Crippen MR) is 90.3 cm³/mol. The average Bonchev–Trinajstić information content (AvgIpc) is 2.96. The number of aromatic nitrogens is 3. The minimum atomic E-state index is 0.765. The van der Waals surface area contributed by atoms with Gasteiger partial charge in [-0.1, -0.05) is 75.7 Å². The first kappa shape index (κ1) is 14.4.